The van der Waals surface area contributed by atoms with E-state index >= 15 is 0 Å². The lowest BCUT2D eigenvalue weighted by Gasteiger charge is -2.26. The maximum Gasteiger partial charge on any atom is 0.227 e. The van der Waals surface area contributed by atoms with E-state index in [0.717, 1.165) is 17.7 Å². The van der Waals surface area contributed by atoms with Crippen LogP contribution < -0.4 is 10.1 Å². The molecule has 0 saturated carbocycles. The van der Waals surface area contributed by atoms with Crippen molar-refractivity contribution in [1.82, 2.24) is 5.32 Å². The number of ether oxygens (including phenoxy) is 1. The van der Waals surface area contributed by atoms with Crippen LogP contribution >= 0.6 is 0 Å². The first-order valence-electron chi connectivity index (χ1n) is 7.32. The van der Waals surface area contributed by atoms with Gasteiger partial charge in [-0.05, 0) is 36.5 Å². The Bertz CT molecular complexity index is 448. The van der Waals surface area contributed by atoms with Crippen molar-refractivity contribution in [3.05, 3.63) is 29.8 Å². The molecule has 1 aromatic carbocycles. The second kappa shape index (κ2) is 7.46. The fraction of sp³-hybridized carbons (Fsp3) is 0.588. The van der Waals surface area contributed by atoms with E-state index < -0.39 is 0 Å². The first-order chi connectivity index (χ1) is 9.76. The zero-order chi connectivity index (χ0) is 16.0. The number of methoxy groups -OCH3 is 1. The first kappa shape index (κ1) is 17.5. The summed E-state index contributed by atoms with van der Waals surface area (Å²) in [5, 5.41) is 12.4. The van der Waals surface area contributed by atoms with Crippen LogP contribution in [0.3, 0.4) is 0 Å². The molecule has 0 radical (unpaired) electrons. The van der Waals surface area contributed by atoms with Crippen LogP contribution in [-0.4, -0.2) is 30.8 Å². The number of rotatable bonds is 6. The molecule has 0 saturated heterocycles. The van der Waals surface area contributed by atoms with E-state index in [0.29, 0.717) is 0 Å². The lowest BCUT2D eigenvalue weighted by atomic mass is 9.88. The van der Waals surface area contributed by atoms with Gasteiger partial charge in [0.25, 0.3) is 0 Å². The maximum atomic E-state index is 12.3. The normalized spacial score (nSPS) is 14.4. The van der Waals surface area contributed by atoms with Crippen LogP contribution in [0.1, 0.15) is 45.6 Å². The average molecular weight is 293 g/mol. The standard InChI is InChI=1S/C17H27NO3/c1-12(13-6-8-15(21-5)9-7-13)16(20)18-14(11-19)10-17(2,3)4/h6-9,12,14,19H,10-11H2,1-5H3,(H,18,20). The molecule has 21 heavy (non-hydrogen) atoms. The van der Waals surface area contributed by atoms with Crippen molar-refractivity contribution in [2.75, 3.05) is 13.7 Å². The van der Waals surface area contributed by atoms with E-state index in [1.807, 2.05) is 31.2 Å². The van der Waals surface area contributed by atoms with Gasteiger partial charge < -0.3 is 15.2 Å². The molecule has 0 fully saturated rings. The molecule has 0 aliphatic rings. The molecule has 0 aromatic heterocycles. The van der Waals surface area contributed by atoms with Gasteiger partial charge in [0.15, 0.2) is 0 Å². The summed E-state index contributed by atoms with van der Waals surface area (Å²) in [6, 6.07) is 7.26. The van der Waals surface area contributed by atoms with E-state index in [4.69, 9.17) is 4.74 Å². The Morgan fingerprint density at radius 1 is 1.29 bits per heavy atom. The van der Waals surface area contributed by atoms with Gasteiger partial charge in [-0.1, -0.05) is 32.9 Å². The van der Waals surface area contributed by atoms with E-state index in [1.165, 1.54) is 0 Å². The topological polar surface area (TPSA) is 58.6 Å². The third kappa shape index (κ3) is 5.76. The van der Waals surface area contributed by atoms with Crippen LogP contribution in [0.15, 0.2) is 24.3 Å². The molecule has 0 heterocycles. The Labute approximate surface area is 127 Å². The third-order valence-corrected chi connectivity index (χ3v) is 3.43. The molecule has 4 heteroatoms. The third-order valence-electron chi connectivity index (χ3n) is 3.43. The second-order valence-corrected chi connectivity index (χ2v) is 6.65. The first-order valence-corrected chi connectivity index (χ1v) is 7.32. The fourth-order valence-electron chi connectivity index (χ4n) is 2.27. The highest BCUT2D eigenvalue weighted by molar-refractivity contribution is 5.83. The van der Waals surface area contributed by atoms with E-state index in [-0.39, 0.29) is 29.9 Å². The van der Waals surface area contributed by atoms with Gasteiger partial charge in [-0.2, -0.15) is 0 Å². The number of carbonyl (C=O) groups excluding carboxylic acids is 1. The zero-order valence-electron chi connectivity index (χ0n) is 13.6. The quantitative estimate of drug-likeness (QED) is 0.848. The molecular weight excluding hydrogens is 266 g/mol. The lowest BCUT2D eigenvalue weighted by molar-refractivity contribution is -0.123. The molecule has 2 atom stereocenters. The molecule has 0 aliphatic heterocycles. The van der Waals surface area contributed by atoms with Crippen molar-refractivity contribution in [3.63, 3.8) is 0 Å². The largest absolute Gasteiger partial charge is 0.497 e. The maximum absolute atomic E-state index is 12.3. The van der Waals surface area contributed by atoms with Crippen LogP contribution in [0.5, 0.6) is 5.75 Å². The number of benzene rings is 1. The molecule has 1 rings (SSSR count). The molecule has 4 nitrogen and oxygen atoms in total. The summed E-state index contributed by atoms with van der Waals surface area (Å²) < 4.78 is 5.11. The van der Waals surface area contributed by atoms with Crippen molar-refractivity contribution < 1.29 is 14.6 Å². The van der Waals surface area contributed by atoms with Crippen molar-refractivity contribution >= 4 is 5.91 Å². The zero-order valence-corrected chi connectivity index (χ0v) is 13.6. The van der Waals surface area contributed by atoms with Crippen molar-refractivity contribution in [3.8, 4) is 5.75 Å². The van der Waals surface area contributed by atoms with Gasteiger partial charge in [-0.3, -0.25) is 4.79 Å². The van der Waals surface area contributed by atoms with Crippen LogP contribution in [0.2, 0.25) is 0 Å². The van der Waals surface area contributed by atoms with Gasteiger partial charge in [0, 0.05) is 0 Å². The monoisotopic (exact) mass is 293 g/mol. The van der Waals surface area contributed by atoms with Crippen molar-refractivity contribution in [2.45, 2.75) is 46.1 Å². The van der Waals surface area contributed by atoms with Crippen molar-refractivity contribution in [2.24, 2.45) is 5.41 Å². The molecule has 0 spiro atoms. The van der Waals surface area contributed by atoms with E-state index in [2.05, 4.69) is 26.1 Å². The van der Waals surface area contributed by atoms with Gasteiger partial charge in [0.05, 0.1) is 25.7 Å². The highest BCUT2D eigenvalue weighted by Crippen LogP contribution is 2.22. The highest BCUT2D eigenvalue weighted by atomic mass is 16.5. The molecule has 2 unspecified atom stereocenters. The molecular formula is C17H27NO3. The predicted molar refractivity (Wildman–Crippen MR) is 84.5 cm³/mol. The SMILES string of the molecule is COc1ccc(C(C)C(=O)NC(CO)CC(C)(C)C)cc1. The van der Waals surface area contributed by atoms with Crippen LogP contribution in [0.25, 0.3) is 0 Å². The number of carbonyl (C=O) groups is 1. The summed E-state index contributed by atoms with van der Waals surface area (Å²) in [6.45, 7) is 8.10. The van der Waals surface area contributed by atoms with Gasteiger partial charge in [0.2, 0.25) is 5.91 Å². The molecule has 0 bridgehead atoms. The Morgan fingerprint density at radius 3 is 2.29 bits per heavy atom. The van der Waals surface area contributed by atoms with Gasteiger partial charge >= 0.3 is 0 Å². The number of hydrogen-bond donors (Lipinski definition) is 2. The summed E-state index contributed by atoms with van der Waals surface area (Å²) in [4.78, 5) is 12.3. The number of nitrogens with one attached hydrogen (secondary N) is 1. The summed E-state index contributed by atoms with van der Waals surface area (Å²) in [7, 11) is 1.61. The molecule has 118 valence electrons. The number of hydrogen-bond acceptors (Lipinski definition) is 3. The Hall–Kier alpha value is -1.55. The number of aliphatic hydroxyl groups excluding tert-OH is 1. The van der Waals surface area contributed by atoms with Crippen molar-refractivity contribution in [1.29, 1.82) is 0 Å². The lowest BCUT2D eigenvalue weighted by Crippen LogP contribution is -2.41. The Morgan fingerprint density at radius 2 is 1.86 bits per heavy atom. The van der Waals surface area contributed by atoms with Gasteiger partial charge in [-0.25, -0.2) is 0 Å². The molecule has 0 aliphatic carbocycles. The number of aliphatic hydroxyl groups is 1. The summed E-state index contributed by atoms with van der Waals surface area (Å²) in [6.07, 6.45) is 0.741. The average Bonchev–Trinajstić information content (AvgIpc) is 2.44. The van der Waals surface area contributed by atoms with Crippen LogP contribution in [0.4, 0.5) is 0 Å². The summed E-state index contributed by atoms with van der Waals surface area (Å²) in [5.41, 5.74) is 0.991. The summed E-state index contributed by atoms with van der Waals surface area (Å²) in [5.74, 6) is 0.445. The number of amides is 1. The fourth-order valence-corrected chi connectivity index (χ4v) is 2.27. The van der Waals surface area contributed by atoms with Crippen LogP contribution in [-0.2, 0) is 4.79 Å². The smallest absolute Gasteiger partial charge is 0.227 e. The van der Waals surface area contributed by atoms with E-state index in [9.17, 15) is 9.90 Å². The minimum atomic E-state index is -0.259. The Balaban J connectivity index is 2.68. The van der Waals surface area contributed by atoms with E-state index in [1.54, 1.807) is 7.11 Å². The van der Waals surface area contributed by atoms with Gasteiger partial charge in [0.1, 0.15) is 5.75 Å². The Kier molecular flexibility index (Phi) is 6.21. The highest BCUT2D eigenvalue weighted by Gasteiger charge is 2.22. The molecule has 1 amide bonds. The summed E-state index contributed by atoms with van der Waals surface area (Å²) >= 11 is 0. The molecule has 2 N–H and O–H groups in total. The minimum Gasteiger partial charge on any atom is -0.497 e. The van der Waals surface area contributed by atoms with Crippen LogP contribution in [0, 0.1) is 5.41 Å². The van der Waals surface area contributed by atoms with Gasteiger partial charge in [-0.15, -0.1) is 0 Å². The second-order valence-electron chi connectivity index (χ2n) is 6.65. The molecule has 1 aromatic rings. The predicted octanol–water partition coefficient (Wildman–Crippen LogP) is 2.71. The minimum absolute atomic E-state index is 0.0433.